The van der Waals surface area contributed by atoms with Gasteiger partial charge in [-0.05, 0) is 36.8 Å². The summed E-state index contributed by atoms with van der Waals surface area (Å²) in [6.45, 7) is 3.87. The zero-order chi connectivity index (χ0) is 18.7. The monoisotopic (exact) mass is 374 g/mol. The van der Waals surface area contributed by atoms with Gasteiger partial charge in [-0.25, -0.2) is 4.98 Å². The lowest BCUT2D eigenvalue weighted by atomic mass is 10.1. The molecule has 1 aliphatic rings. The first-order chi connectivity index (χ1) is 12.4. The molecular formula is C18H19ClN4O3. The molecule has 0 unspecified atom stereocenters. The van der Waals surface area contributed by atoms with E-state index in [0.29, 0.717) is 29.6 Å². The standard InChI is InChI=1S/C18H19ClN4O3/c1-10-6-12(8-15(22-10)17(20)24)18(25)23-14-3-2-11(7-13(14)19)16-9-21-4-5-26-16/h2-3,6-8,16,21H,4-5,9H2,1H3,(H2,20,24)(H,23,25)/t16-/m1/s1. The van der Waals surface area contributed by atoms with Crippen LogP contribution in [0.4, 0.5) is 5.69 Å². The number of rotatable bonds is 4. The third-order valence-electron chi connectivity index (χ3n) is 4.01. The van der Waals surface area contributed by atoms with Crippen LogP contribution in [0, 0.1) is 6.92 Å². The van der Waals surface area contributed by atoms with E-state index in [1.54, 1.807) is 25.1 Å². The second-order valence-corrected chi connectivity index (χ2v) is 6.41. The summed E-state index contributed by atoms with van der Waals surface area (Å²) in [6.07, 6.45) is -0.0630. The first-order valence-electron chi connectivity index (χ1n) is 8.15. The fourth-order valence-corrected chi connectivity index (χ4v) is 2.97. The summed E-state index contributed by atoms with van der Waals surface area (Å²) in [6, 6.07) is 8.31. The Labute approximate surface area is 155 Å². The lowest BCUT2D eigenvalue weighted by Gasteiger charge is -2.24. The first-order valence-corrected chi connectivity index (χ1v) is 8.53. The van der Waals surface area contributed by atoms with Crippen molar-refractivity contribution in [3.8, 4) is 0 Å². The number of amides is 2. The lowest BCUT2D eigenvalue weighted by molar-refractivity contribution is 0.0277. The van der Waals surface area contributed by atoms with Gasteiger partial charge < -0.3 is 21.1 Å². The summed E-state index contributed by atoms with van der Waals surface area (Å²) in [5.74, 6) is -1.09. The fraction of sp³-hybridized carbons (Fsp3) is 0.278. The zero-order valence-electron chi connectivity index (χ0n) is 14.2. The Balaban J connectivity index is 1.78. The van der Waals surface area contributed by atoms with Gasteiger partial charge in [0, 0.05) is 24.3 Å². The van der Waals surface area contributed by atoms with Crippen LogP contribution < -0.4 is 16.4 Å². The van der Waals surface area contributed by atoms with E-state index < -0.39 is 11.8 Å². The highest BCUT2D eigenvalue weighted by Gasteiger charge is 2.18. The molecule has 0 saturated carbocycles. The van der Waals surface area contributed by atoms with Crippen molar-refractivity contribution in [2.45, 2.75) is 13.0 Å². The number of hydrogen-bond donors (Lipinski definition) is 3. The molecule has 7 nitrogen and oxygen atoms in total. The minimum absolute atomic E-state index is 0.0403. The molecule has 3 rings (SSSR count). The van der Waals surface area contributed by atoms with E-state index in [4.69, 9.17) is 22.1 Å². The summed E-state index contributed by atoms with van der Waals surface area (Å²) in [5, 5.41) is 6.41. The number of anilines is 1. The van der Waals surface area contributed by atoms with Gasteiger partial charge in [-0.1, -0.05) is 17.7 Å². The molecule has 4 N–H and O–H groups in total. The summed E-state index contributed by atoms with van der Waals surface area (Å²) >= 11 is 6.32. The third kappa shape index (κ3) is 4.19. The van der Waals surface area contributed by atoms with Crippen molar-refractivity contribution in [1.29, 1.82) is 0 Å². The number of carbonyl (C=O) groups is 2. The van der Waals surface area contributed by atoms with Gasteiger partial charge in [0.1, 0.15) is 5.69 Å². The number of nitrogens with zero attached hydrogens (tertiary/aromatic N) is 1. The fourth-order valence-electron chi connectivity index (χ4n) is 2.73. The van der Waals surface area contributed by atoms with Crippen LogP contribution in [0.25, 0.3) is 0 Å². The number of carbonyl (C=O) groups excluding carboxylic acids is 2. The largest absolute Gasteiger partial charge is 0.371 e. The molecule has 1 saturated heterocycles. The Kier molecular flexibility index (Phi) is 5.51. The van der Waals surface area contributed by atoms with E-state index in [9.17, 15) is 9.59 Å². The van der Waals surface area contributed by atoms with E-state index in [-0.39, 0.29) is 17.4 Å². The van der Waals surface area contributed by atoms with E-state index in [1.807, 2.05) is 6.07 Å². The Bertz CT molecular complexity index is 850. The van der Waals surface area contributed by atoms with E-state index in [2.05, 4.69) is 15.6 Å². The van der Waals surface area contributed by atoms with Crippen LogP contribution in [-0.2, 0) is 4.74 Å². The maximum atomic E-state index is 12.5. The number of morpholine rings is 1. The van der Waals surface area contributed by atoms with Crippen molar-refractivity contribution in [3.63, 3.8) is 0 Å². The van der Waals surface area contributed by atoms with Gasteiger partial charge in [0.05, 0.1) is 23.4 Å². The zero-order valence-corrected chi connectivity index (χ0v) is 15.0. The van der Waals surface area contributed by atoms with Gasteiger partial charge in [-0.3, -0.25) is 9.59 Å². The molecule has 0 radical (unpaired) electrons. The van der Waals surface area contributed by atoms with Crippen molar-refractivity contribution in [2.24, 2.45) is 5.73 Å². The number of aromatic nitrogens is 1. The van der Waals surface area contributed by atoms with Gasteiger partial charge in [-0.2, -0.15) is 0 Å². The van der Waals surface area contributed by atoms with Gasteiger partial charge in [0.25, 0.3) is 11.8 Å². The quantitative estimate of drug-likeness (QED) is 0.759. The van der Waals surface area contributed by atoms with Crippen molar-refractivity contribution in [2.75, 3.05) is 25.0 Å². The predicted octanol–water partition coefficient (Wildman–Crippen LogP) is 2.06. The molecule has 1 aliphatic heterocycles. The summed E-state index contributed by atoms with van der Waals surface area (Å²) in [7, 11) is 0. The van der Waals surface area contributed by atoms with E-state index in [0.717, 1.165) is 12.1 Å². The maximum Gasteiger partial charge on any atom is 0.267 e. The van der Waals surface area contributed by atoms with Crippen LogP contribution in [0.2, 0.25) is 5.02 Å². The highest BCUT2D eigenvalue weighted by Crippen LogP contribution is 2.28. The first kappa shape index (κ1) is 18.3. The summed E-state index contributed by atoms with van der Waals surface area (Å²) < 4.78 is 5.70. The molecule has 0 spiro atoms. The number of pyridine rings is 1. The van der Waals surface area contributed by atoms with E-state index >= 15 is 0 Å². The molecular weight excluding hydrogens is 356 g/mol. The minimum atomic E-state index is -0.689. The Morgan fingerprint density at radius 1 is 1.35 bits per heavy atom. The average molecular weight is 375 g/mol. The molecule has 1 aromatic heterocycles. The number of nitrogens with one attached hydrogen (secondary N) is 2. The van der Waals surface area contributed by atoms with Crippen molar-refractivity contribution in [1.82, 2.24) is 10.3 Å². The normalized spacial score (nSPS) is 16.9. The predicted molar refractivity (Wildman–Crippen MR) is 98.5 cm³/mol. The summed E-state index contributed by atoms with van der Waals surface area (Å²) in [4.78, 5) is 27.8. The molecule has 1 atom stereocenters. The third-order valence-corrected chi connectivity index (χ3v) is 4.32. The van der Waals surface area contributed by atoms with Gasteiger partial charge >= 0.3 is 0 Å². The average Bonchev–Trinajstić information content (AvgIpc) is 2.63. The lowest BCUT2D eigenvalue weighted by Crippen LogP contribution is -2.33. The number of nitrogens with two attached hydrogens (primary N) is 1. The van der Waals surface area contributed by atoms with Gasteiger partial charge in [0.15, 0.2) is 0 Å². The number of aryl methyl sites for hydroxylation is 1. The van der Waals surface area contributed by atoms with Crippen LogP contribution >= 0.6 is 11.6 Å². The Hall–Kier alpha value is -2.48. The molecule has 2 amide bonds. The highest BCUT2D eigenvalue weighted by atomic mass is 35.5. The van der Waals surface area contributed by atoms with Crippen molar-refractivity contribution < 1.29 is 14.3 Å². The van der Waals surface area contributed by atoms with Crippen LogP contribution in [0.5, 0.6) is 0 Å². The molecule has 0 aliphatic carbocycles. The molecule has 0 bridgehead atoms. The van der Waals surface area contributed by atoms with Crippen molar-refractivity contribution in [3.05, 3.63) is 57.9 Å². The highest BCUT2D eigenvalue weighted by molar-refractivity contribution is 6.34. The molecule has 2 aromatic rings. The van der Waals surface area contributed by atoms with Gasteiger partial charge in [0.2, 0.25) is 0 Å². The van der Waals surface area contributed by atoms with Crippen LogP contribution in [0.15, 0.2) is 30.3 Å². The molecule has 1 aromatic carbocycles. The Morgan fingerprint density at radius 3 is 2.81 bits per heavy atom. The number of hydrogen-bond acceptors (Lipinski definition) is 5. The number of ether oxygens (including phenoxy) is 1. The minimum Gasteiger partial charge on any atom is -0.371 e. The van der Waals surface area contributed by atoms with Crippen LogP contribution in [0.3, 0.4) is 0 Å². The Morgan fingerprint density at radius 2 is 2.15 bits per heavy atom. The second kappa shape index (κ2) is 7.82. The topological polar surface area (TPSA) is 106 Å². The second-order valence-electron chi connectivity index (χ2n) is 6.00. The molecule has 136 valence electrons. The molecule has 8 heteroatoms. The number of primary amides is 1. The van der Waals surface area contributed by atoms with Gasteiger partial charge in [-0.15, -0.1) is 0 Å². The van der Waals surface area contributed by atoms with Crippen LogP contribution in [-0.4, -0.2) is 36.5 Å². The van der Waals surface area contributed by atoms with Crippen molar-refractivity contribution >= 4 is 29.1 Å². The number of benzene rings is 1. The smallest absolute Gasteiger partial charge is 0.267 e. The molecule has 26 heavy (non-hydrogen) atoms. The SMILES string of the molecule is Cc1cc(C(=O)Nc2ccc([C@H]3CNCCO3)cc2Cl)cc(C(N)=O)n1. The number of halogens is 1. The van der Waals surface area contributed by atoms with E-state index in [1.165, 1.54) is 6.07 Å². The maximum absolute atomic E-state index is 12.5. The summed E-state index contributed by atoms with van der Waals surface area (Å²) in [5.41, 5.74) is 7.50. The molecule has 2 heterocycles. The molecule has 1 fully saturated rings. The van der Waals surface area contributed by atoms with Crippen LogP contribution in [0.1, 0.15) is 38.2 Å².